The summed E-state index contributed by atoms with van der Waals surface area (Å²) >= 11 is 0. The van der Waals surface area contributed by atoms with Crippen molar-refractivity contribution in [1.29, 1.82) is 0 Å². The van der Waals surface area contributed by atoms with Gasteiger partial charge in [0.1, 0.15) is 6.61 Å². The van der Waals surface area contributed by atoms with E-state index in [4.69, 9.17) is 4.74 Å². The zero-order valence-corrected chi connectivity index (χ0v) is 10.1. The predicted octanol–water partition coefficient (Wildman–Crippen LogP) is 2.21. The van der Waals surface area contributed by atoms with Crippen LogP contribution in [0.5, 0.6) is 0 Å². The maximum absolute atomic E-state index is 12.4. The number of carbonyl (C=O) groups is 1. The first-order valence-electron chi connectivity index (χ1n) is 5.76. The molecule has 0 aromatic carbocycles. The summed E-state index contributed by atoms with van der Waals surface area (Å²) in [4.78, 5) is 13.0. The first-order valence-corrected chi connectivity index (χ1v) is 5.76. The quantitative estimate of drug-likeness (QED) is 0.771. The van der Waals surface area contributed by atoms with Crippen LogP contribution in [-0.2, 0) is 9.53 Å². The minimum Gasteiger partial charge on any atom is -0.369 e. The highest BCUT2D eigenvalue weighted by atomic mass is 19.4. The minimum atomic E-state index is -4.14. The van der Waals surface area contributed by atoms with Gasteiger partial charge in [0.25, 0.3) is 0 Å². The van der Waals surface area contributed by atoms with E-state index in [1.54, 1.807) is 0 Å². The number of ether oxygens (including phenoxy) is 1. The Labute approximate surface area is 98.9 Å². The number of amides is 1. The van der Waals surface area contributed by atoms with Gasteiger partial charge in [-0.2, -0.15) is 13.2 Å². The number of likely N-dealkylation sites (tertiary alicyclic amines) is 1. The van der Waals surface area contributed by atoms with Crippen molar-refractivity contribution in [1.82, 2.24) is 4.90 Å². The molecule has 1 amide bonds. The van der Waals surface area contributed by atoms with Crippen molar-refractivity contribution >= 4 is 5.91 Å². The Bertz CT molecular complexity index is 258. The van der Waals surface area contributed by atoms with Gasteiger partial charge in [0.05, 0.1) is 12.0 Å². The molecule has 0 atom stereocenters. The maximum Gasteiger partial charge on any atom is 0.391 e. The molecule has 1 aliphatic heterocycles. The van der Waals surface area contributed by atoms with Gasteiger partial charge in [0, 0.05) is 13.1 Å². The van der Waals surface area contributed by atoms with Crippen LogP contribution in [0.1, 0.15) is 26.7 Å². The standard InChI is InChI=1S/C11H18F3NO2/c1-8(2)17-7-10(16)15-5-3-9(4-6-15)11(12,13)14/h8-9H,3-7H2,1-2H3. The van der Waals surface area contributed by atoms with E-state index in [9.17, 15) is 18.0 Å². The summed E-state index contributed by atoms with van der Waals surface area (Å²) in [6, 6.07) is 0. The Hall–Kier alpha value is -0.780. The van der Waals surface area contributed by atoms with Crippen molar-refractivity contribution in [2.45, 2.75) is 39.0 Å². The molecule has 6 heteroatoms. The number of hydrogen-bond acceptors (Lipinski definition) is 2. The predicted molar refractivity (Wildman–Crippen MR) is 56.4 cm³/mol. The fraction of sp³-hybridized carbons (Fsp3) is 0.909. The van der Waals surface area contributed by atoms with Crippen LogP contribution in [0.3, 0.4) is 0 Å². The van der Waals surface area contributed by atoms with Gasteiger partial charge in [-0.1, -0.05) is 0 Å². The fourth-order valence-electron chi connectivity index (χ4n) is 1.79. The van der Waals surface area contributed by atoms with Crippen LogP contribution in [0.2, 0.25) is 0 Å². The summed E-state index contributed by atoms with van der Waals surface area (Å²) in [6.45, 7) is 3.91. The number of halogens is 3. The van der Waals surface area contributed by atoms with Gasteiger partial charge in [-0.25, -0.2) is 0 Å². The Kier molecular flexibility index (Phi) is 4.80. The van der Waals surface area contributed by atoms with E-state index in [2.05, 4.69) is 0 Å². The average Bonchev–Trinajstić information content (AvgIpc) is 2.25. The minimum absolute atomic E-state index is 0.00306. The SMILES string of the molecule is CC(C)OCC(=O)N1CCC(C(F)(F)F)CC1. The number of alkyl halides is 3. The second kappa shape index (κ2) is 5.71. The molecular weight excluding hydrogens is 235 g/mol. The first-order chi connectivity index (χ1) is 7.80. The van der Waals surface area contributed by atoms with Gasteiger partial charge in [-0.3, -0.25) is 4.79 Å². The van der Waals surface area contributed by atoms with Crippen molar-refractivity contribution < 1.29 is 22.7 Å². The van der Waals surface area contributed by atoms with Gasteiger partial charge < -0.3 is 9.64 Å². The van der Waals surface area contributed by atoms with Gasteiger partial charge >= 0.3 is 6.18 Å². The molecule has 3 nitrogen and oxygen atoms in total. The highest BCUT2D eigenvalue weighted by molar-refractivity contribution is 5.77. The molecule has 0 aromatic heterocycles. The molecule has 1 aliphatic rings. The van der Waals surface area contributed by atoms with Crippen LogP contribution in [0.4, 0.5) is 13.2 Å². The van der Waals surface area contributed by atoms with Crippen LogP contribution >= 0.6 is 0 Å². The molecule has 1 saturated heterocycles. The van der Waals surface area contributed by atoms with Gasteiger partial charge in [0.15, 0.2) is 0 Å². The molecule has 100 valence electrons. The summed E-state index contributed by atoms with van der Waals surface area (Å²) in [6.07, 6.45) is -4.19. The molecule has 1 rings (SSSR count). The largest absolute Gasteiger partial charge is 0.391 e. The van der Waals surface area contributed by atoms with E-state index in [0.29, 0.717) is 0 Å². The van der Waals surface area contributed by atoms with E-state index < -0.39 is 12.1 Å². The Morgan fingerprint density at radius 1 is 1.35 bits per heavy atom. The van der Waals surface area contributed by atoms with E-state index in [1.807, 2.05) is 13.8 Å². The lowest BCUT2D eigenvalue weighted by molar-refractivity contribution is -0.187. The lowest BCUT2D eigenvalue weighted by Gasteiger charge is -2.33. The van der Waals surface area contributed by atoms with E-state index in [1.165, 1.54) is 4.90 Å². The summed E-state index contributed by atoms with van der Waals surface area (Å²) in [5.74, 6) is -1.49. The third-order valence-electron chi connectivity index (χ3n) is 2.85. The van der Waals surface area contributed by atoms with Gasteiger partial charge in [-0.15, -0.1) is 0 Å². The fourth-order valence-corrected chi connectivity index (χ4v) is 1.79. The molecule has 0 aliphatic carbocycles. The molecule has 0 bridgehead atoms. The monoisotopic (exact) mass is 253 g/mol. The number of piperidine rings is 1. The Balaban J connectivity index is 2.34. The Morgan fingerprint density at radius 2 is 1.88 bits per heavy atom. The lowest BCUT2D eigenvalue weighted by atomic mass is 9.96. The first kappa shape index (κ1) is 14.3. The van der Waals surface area contributed by atoms with Crippen LogP contribution in [0.25, 0.3) is 0 Å². The summed E-state index contributed by atoms with van der Waals surface area (Å²) < 4.78 is 42.3. The number of nitrogens with zero attached hydrogens (tertiary/aromatic N) is 1. The van der Waals surface area contributed by atoms with Gasteiger partial charge in [0.2, 0.25) is 5.91 Å². The number of hydrogen-bond donors (Lipinski definition) is 0. The van der Waals surface area contributed by atoms with Crippen molar-refractivity contribution in [3.05, 3.63) is 0 Å². The summed E-state index contributed by atoms with van der Waals surface area (Å²) in [5.41, 5.74) is 0. The van der Waals surface area contributed by atoms with Crippen LogP contribution < -0.4 is 0 Å². The normalized spacial score (nSPS) is 18.8. The van der Waals surface area contributed by atoms with Crippen molar-refractivity contribution in [3.63, 3.8) is 0 Å². The molecule has 0 N–H and O–H groups in total. The zero-order valence-electron chi connectivity index (χ0n) is 10.1. The second-order valence-corrected chi connectivity index (χ2v) is 4.56. The van der Waals surface area contributed by atoms with E-state index in [-0.39, 0.29) is 44.5 Å². The van der Waals surface area contributed by atoms with Crippen LogP contribution in [-0.4, -0.2) is 42.8 Å². The van der Waals surface area contributed by atoms with Crippen LogP contribution in [0.15, 0.2) is 0 Å². The van der Waals surface area contributed by atoms with Crippen molar-refractivity contribution in [2.75, 3.05) is 19.7 Å². The summed E-state index contributed by atoms with van der Waals surface area (Å²) in [5, 5.41) is 0. The van der Waals surface area contributed by atoms with Crippen molar-refractivity contribution in [2.24, 2.45) is 5.92 Å². The topological polar surface area (TPSA) is 29.5 Å². The number of rotatable bonds is 3. The molecule has 0 spiro atoms. The molecule has 0 radical (unpaired) electrons. The smallest absolute Gasteiger partial charge is 0.369 e. The van der Waals surface area contributed by atoms with Crippen molar-refractivity contribution in [3.8, 4) is 0 Å². The zero-order chi connectivity index (χ0) is 13.1. The van der Waals surface area contributed by atoms with E-state index in [0.717, 1.165) is 0 Å². The molecule has 0 unspecified atom stereocenters. The Morgan fingerprint density at radius 3 is 2.29 bits per heavy atom. The number of carbonyl (C=O) groups excluding carboxylic acids is 1. The molecule has 1 fully saturated rings. The molecule has 0 saturated carbocycles. The highest BCUT2D eigenvalue weighted by Gasteiger charge is 2.41. The molecule has 17 heavy (non-hydrogen) atoms. The maximum atomic E-state index is 12.4. The lowest BCUT2D eigenvalue weighted by Crippen LogP contribution is -2.43. The van der Waals surface area contributed by atoms with Crippen LogP contribution in [0, 0.1) is 5.92 Å². The molecular formula is C11H18F3NO2. The highest BCUT2D eigenvalue weighted by Crippen LogP contribution is 2.33. The molecule has 1 heterocycles. The van der Waals surface area contributed by atoms with Gasteiger partial charge in [-0.05, 0) is 26.7 Å². The third kappa shape index (κ3) is 4.53. The van der Waals surface area contributed by atoms with E-state index >= 15 is 0 Å². The third-order valence-corrected chi connectivity index (χ3v) is 2.85. The second-order valence-electron chi connectivity index (χ2n) is 4.56. The summed E-state index contributed by atoms with van der Waals surface area (Å²) in [7, 11) is 0. The molecule has 0 aromatic rings. The average molecular weight is 253 g/mol.